The highest BCUT2D eigenvalue weighted by Gasteiger charge is 2.28. The number of nitrogens with zero attached hydrogens (tertiary/aromatic N) is 1. The molecule has 17 heavy (non-hydrogen) atoms. The lowest BCUT2D eigenvalue weighted by Crippen LogP contribution is -2.26. The van der Waals surface area contributed by atoms with Crippen molar-refractivity contribution in [3.63, 3.8) is 0 Å². The number of nitrogen functional groups attached to an aromatic ring is 1. The van der Waals surface area contributed by atoms with Crippen LogP contribution in [0.15, 0.2) is 18.2 Å². The molecule has 1 aliphatic rings. The monoisotopic (exact) mass is 232 g/mol. The second-order valence-electron chi connectivity index (χ2n) is 5.25. The molecular formula is C15H24N2. The molecule has 1 aromatic carbocycles. The molecule has 2 N–H and O–H groups in total. The maximum Gasteiger partial charge on any atom is 0.0343 e. The van der Waals surface area contributed by atoms with Crippen LogP contribution < -0.4 is 5.73 Å². The Labute approximate surface area is 105 Å². The average Bonchev–Trinajstić information content (AvgIpc) is 3.13. The molecule has 1 fully saturated rings. The van der Waals surface area contributed by atoms with E-state index in [0.29, 0.717) is 0 Å². The van der Waals surface area contributed by atoms with Crippen LogP contribution in [0, 0.1) is 6.92 Å². The molecule has 0 unspecified atom stereocenters. The Morgan fingerprint density at radius 1 is 1.35 bits per heavy atom. The predicted octanol–water partition coefficient (Wildman–Crippen LogP) is 3.34. The summed E-state index contributed by atoms with van der Waals surface area (Å²) < 4.78 is 0. The molecular weight excluding hydrogens is 208 g/mol. The van der Waals surface area contributed by atoms with Gasteiger partial charge in [-0.05, 0) is 49.9 Å². The first-order valence-electron chi connectivity index (χ1n) is 6.79. The molecule has 0 bridgehead atoms. The van der Waals surface area contributed by atoms with Gasteiger partial charge in [0.15, 0.2) is 0 Å². The fourth-order valence-corrected chi connectivity index (χ4v) is 2.26. The van der Waals surface area contributed by atoms with Gasteiger partial charge in [0.25, 0.3) is 0 Å². The molecule has 0 radical (unpaired) electrons. The lowest BCUT2D eigenvalue weighted by molar-refractivity contribution is 0.250. The van der Waals surface area contributed by atoms with Gasteiger partial charge in [-0.2, -0.15) is 0 Å². The van der Waals surface area contributed by atoms with E-state index in [9.17, 15) is 0 Å². The summed E-state index contributed by atoms with van der Waals surface area (Å²) in [6, 6.07) is 7.29. The summed E-state index contributed by atoms with van der Waals surface area (Å²) >= 11 is 0. The van der Waals surface area contributed by atoms with E-state index >= 15 is 0 Å². The topological polar surface area (TPSA) is 29.3 Å². The van der Waals surface area contributed by atoms with Crippen molar-refractivity contribution in [2.75, 3.05) is 12.3 Å². The molecule has 0 amide bonds. The van der Waals surface area contributed by atoms with Gasteiger partial charge in [-0.1, -0.05) is 25.5 Å². The summed E-state index contributed by atoms with van der Waals surface area (Å²) in [6.45, 7) is 6.68. The fourth-order valence-electron chi connectivity index (χ4n) is 2.26. The Morgan fingerprint density at radius 2 is 2.12 bits per heavy atom. The van der Waals surface area contributed by atoms with Gasteiger partial charge < -0.3 is 5.73 Å². The first kappa shape index (κ1) is 12.4. The van der Waals surface area contributed by atoms with Crippen LogP contribution in [0.2, 0.25) is 0 Å². The van der Waals surface area contributed by atoms with Gasteiger partial charge in [0.1, 0.15) is 0 Å². The van der Waals surface area contributed by atoms with Crippen LogP contribution in [-0.2, 0) is 6.54 Å². The van der Waals surface area contributed by atoms with E-state index < -0.39 is 0 Å². The third-order valence-corrected chi connectivity index (χ3v) is 3.58. The van der Waals surface area contributed by atoms with Crippen molar-refractivity contribution in [1.29, 1.82) is 0 Å². The van der Waals surface area contributed by atoms with Crippen molar-refractivity contribution in [3.05, 3.63) is 29.3 Å². The van der Waals surface area contributed by atoms with Gasteiger partial charge in [0.05, 0.1) is 0 Å². The Kier molecular flexibility index (Phi) is 4.06. The van der Waals surface area contributed by atoms with Crippen molar-refractivity contribution < 1.29 is 0 Å². The maximum absolute atomic E-state index is 5.86. The third-order valence-electron chi connectivity index (χ3n) is 3.58. The van der Waals surface area contributed by atoms with Crippen LogP contribution in [0.4, 0.5) is 5.69 Å². The molecule has 0 saturated heterocycles. The molecule has 1 aromatic rings. The van der Waals surface area contributed by atoms with Crippen molar-refractivity contribution in [1.82, 2.24) is 4.90 Å². The summed E-state index contributed by atoms with van der Waals surface area (Å²) in [4.78, 5) is 2.63. The van der Waals surface area contributed by atoms with Gasteiger partial charge in [0, 0.05) is 18.3 Å². The number of benzene rings is 1. The Hall–Kier alpha value is -1.02. The molecule has 94 valence electrons. The molecule has 0 spiro atoms. The van der Waals surface area contributed by atoms with Crippen molar-refractivity contribution in [2.24, 2.45) is 0 Å². The van der Waals surface area contributed by atoms with E-state index in [2.05, 4.69) is 30.9 Å². The predicted molar refractivity (Wildman–Crippen MR) is 73.9 cm³/mol. The van der Waals surface area contributed by atoms with Crippen molar-refractivity contribution >= 4 is 5.69 Å². The van der Waals surface area contributed by atoms with Crippen LogP contribution in [-0.4, -0.2) is 17.5 Å². The smallest absolute Gasteiger partial charge is 0.0343 e. The summed E-state index contributed by atoms with van der Waals surface area (Å²) in [7, 11) is 0. The van der Waals surface area contributed by atoms with Crippen LogP contribution in [0.5, 0.6) is 0 Å². The number of anilines is 1. The third kappa shape index (κ3) is 3.47. The zero-order chi connectivity index (χ0) is 12.3. The Bertz CT molecular complexity index is 369. The van der Waals surface area contributed by atoms with E-state index in [-0.39, 0.29) is 0 Å². The summed E-state index contributed by atoms with van der Waals surface area (Å²) in [5.41, 5.74) is 9.37. The minimum Gasteiger partial charge on any atom is -0.399 e. The molecule has 1 aliphatic carbocycles. The van der Waals surface area contributed by atoms with E-state index in [1.807, 2.05) is 6.07 Å². The lowest BCUT2D eigenvalue weighted by Gasteiger charge is -2.22. The number of aryl methyl sites for hydroxylation is 1. The zero-order valence-electron chi connectivity index (χ0n) is 11.1. The molecule has 2 nitrogen and oxygen atoms in total. The van der Waals surface area contributed by atoms with Crippen LogP contribution in [0.3, 0.4) is 0 Å². The van der Waals surface area contributed by atoms with Crippen LogP contribution >= 0.6 is 0 Å². The normalized spacial score (nSPS) is 15.5. The summed E-state index contributed by atoms with van der Waals surface area (Å²) in [5.74, 6) is 0. The summed E-state index contributed by atoms with van der Waals surface area (Å²) in [5, 5.41) is 0. The number of unbranched alkanes of at least 4 members (excludes halogenated alkanes) is 1. The minimum atomic E-state index is 0.847. The highest BCUT2D eigenvalue weighted by Crippen LogP contribution is 2.29. The van der Waals surface area contributed by atoms with Gasteiger partial charge in [0.2, 0.25) is 0 Å². The molecule has 1 saturated carbocycles. The first-order valence-corrected chi connectivity index (χ1v) is 6.79. The number of hydrogen-bond acceptors (Lipinski definition) is 2. The molecule has 0 aliphatic heterocycles. The van der Waals surface area contributed by atoms with Crippen LogP contribution in [0.25, 0.3) is 0 Å². The minimum absolute atomic E-state index is 0.847. The van der Waals surface area contributed by atoms with Gasteiger partial charge >= 0.3 is 0 Å². The van der Waals surface area contributed by atoms with E-state index in [0.717, 1.165) is 18.3 Å². The lowest BCUT2D eigenvalue weighted by atomic mass is 10.1. The van der Waals surface area contributed by atoms with Gasteiger partial charge in [-0.25, -0.2) is 0 Å². The zero-order valence-corrected chi connectivity index (χ0v) is 11.1. The number of hydrogen-bond donors (Lipinski definition) is 1. The second kappa shape index (κ2) is 5.54. The largest absolute Gasteiger partial charge is 0.399 e. The first-order chi connectivity index (χ1) is 8.20. The molecule has 0 atom stereocenters. The molecule has 2 rings (SSSR count). The van der Waals surface area contributed by atoms with Crippen molar-refractivity contribution in [2.45, 2.75) is 52.1 Å². The Morgan fingerprint density at radius 3 is 2.71 bits per heavy atom. The average molecular weight is 232 g/mol. The molecule has 0 heterocycles. The fraction of sp³-hybridized carbons (Fsp3) is 0.600. The van der Waals surface area contributed by atoms with E-state index in [1.165, 1.54) is 43.4 Å². The van der Waals surface area contributed by atoms with Gasteiger partial charge in [-0.3, -0.25) is 4.90 Å². The molecule has 2 heteroatoms. The van der Waals surface area contributed by atoms with Crippen molar-refractivity contribution in [3.8, 4) is 0 Å². The Balaban J connectivity index is 1.98. The molecule has 0 aromatic heterocycles. The summed E-state index contributed by atoms with van der Waals surface area (Å²) in [6.07, 6.45) is 5.36. The quantitative estimate of drug-likeness (QED) is 0.762. The SMILES string of the molecule is CCCCN(Cc1ccc(N)c(C)c1)C1CC1. The van der Waals surface area contributed by atoms with Crippen LogP contribution in [0.1, 0.15) is 43.7 Å². The van der Waals surface area contributed by atoms with E-state index in [4.69, 9.17) is 5.73 Å². The second-order valence-corrected chi connectivity index (χ2v) is 5.25. The van der Waals surface area contributed by atoms with E-state index in [1.54, 1.807) is 0 Å². The highest BCUT2D eigenvalue weighted by molar-refractivity contribution is 5.47. The standard InChI is InChI=1S/C15H24N2/c1-3-4-9-17(14-6-7-14)11-13-5-8-15(16)12(2)10-13/h5,8,10,14H,3-4,6-7,9,11,16H2,1-2H3. The number of rotatable bonds is 6. The highest BCUT2D eigenvalue weighted by atomic mass is 15.2. The number of nitrogens with two attached hydrogens (primary N) is 1. The maximum atomic E-state index is 5.86. The van der Waals surface area contributed by atoms with Gasteiger partial charge in [-0.15, -0.1) is 0 Å².